The van der Waals surface area contributed by atoms with E-state index >= 15 is 0 Å². The molecular formula is C31H45N3O5S. The maximum Gasteiger partial charge on any atom is 0.287 e. The topological polar surface area (TPSA) is 120 Å². The third kappa shape index (κ3) is 10.0. The average Bonchev–Trinajstić information content (AvgIpc) is 3.30. The molecule has 0 atom stereocenters. The molecular weight excluding hydrogens is 526 g/mol. The lowest BCUT2D eigenvalue weighted by molar-refractivity contribution is -0.660. The zero-order valence-corrected chi connectivity index (χ0v) is 24.7. The lowest BCUT2D eigenvalue weighted by Gasteiger charge is -2.06. The number of fused-ring (bicyclic) bond motifs is 1. The zero-order valence-electron chi connectivity index (χ0n) is 23.9. The number of nitrogens with one attached hydrogen (secondary N) is 1. The SMILES string of the molecule is CCCCCCCCCCCCCCCCCC[n+]1c(-c2ccc([N+](=O)[O-])cc2)[nH]c2cc(S(=O)(=O)[O-])ccc21. The molecule has 3 rings (SSSR count). The molecule has 0 spiro atoms. The summed E-state index contributed by atoms with van der Waals surface area (Å²) in [5.74, 6) is 0.728. The van der Waals surface area contributed by atoms with E-state index in [0.29, 0.717) is 12.1 Å². The molecule has 1 aromatic heterocycles. The van der Waals surface area contributed by atoms with Gasteiger partial charge in [-0.15, -0.1) is 0 Å². The minimum atomic E-state index is -4.58. The van der Waals surface area contributed by atoms with Crippen LogP contribution in [0.25, 0.3) is 22.4 Å². The molecule has 0 unspecified atom stereocenters. The van der Waals surface area contributed by atoms with E-state index in [1.165, 1.54) is 114 Å². The number of benzene rings is 2. The van der Waals surface area contributed by atoms with Crippen molar-refractivity contribution in [2.45, 2.75) is 121 Å². The molecule has 220 valence electrons. The molecule has 8 nitrogen and oxygen atoms in total. The predicted octanol–water partition coefficient (Wildman–Crippen LogP) is 8.20. The van der Waals surface area contributed by atoms with Gasteiger partial charge in [-0.3, -0.25) is 10.1 Å². The van der Waals surface area contributed by atoms with E-state index in [4.69, 9.17) is 0 Å². The molecule has 1 N–H and O–H groups in total. The number of aryl methyl sites for hydroxylation is 1. The Balaban J connectivity index is 1.45. The van der Waals surface area contributed by atoms with E-state index in [1.54, 1.807) is 18.2 Å². The van der Waals surface area contributed by atoms with Crippen molar-refractivity contribution in [1.29, 1.82) is 0 Å². The number of nitrogens with zero attached hydrogens (tertiary/aromatic N) is 2. The Kier molecular flexibility index (Phi) is 13.1. The molecule has 3 aromatic rings. The molecule has 40 heavy (non-hydrogen) atoms. The van der Waals surface area contributed by atoms with Crippen LogP contribution in [0.15, 0.2) is 47.4 Å². The second-order valence-electron chi connectivity index (χ2n) is 10.9. The second-order valence-corrected chi connectivity index (χ2v) is 12.2. The normalized spacial score (nSPS) is 11.8. The summed E-state index contributed by atoms with van der Waals surface area (Å²) < 4.78 is 36.7. The van der Waals surface area contributed by atoms with Crippen molar-refractivity contribution in [3.63, 3.8) is 0 Å². The first kappa shape index (κ1) is 31.7. The van der Waals surface area contributed by atoms with Crippen molar-refractivity contribution in [2.24, 2.45) is 0 Å². The highest BCUT2D eigenvalue weighted by Crippen LogP contribution is 2.24. The van der Waals surface area contributed by atoms with Gasteiger partial charge in [-0.05, 0) is 37.1 Å². The number of rotatable bonds is 20. The van der Waals surface area contributed by atoms with Crippen LogP contribution in [-0.4, -0.2) is 22.9 Å². The number of aromatic amines is 1. The number of imidazole rings is 1. The molecule has 2 aromatic carbocycles. The Morgan fingerprint density at radius 3 is 1.73 bits per heavy atom. The number of nitro groups is 1. The summed E-state index contributed by atoms with van der Waals surface area (Å²) in [6.45, 7) is 2.98. The zero-order chi connectivity index (χ0) is 28.8. The van der Waals surface area contributed by atoms with Crippen molar-refractivity contribution in [1.82, 2.24) is 4.98 Å². The largest absolute Gasteiger partial charge is 0.744 e. The third-order valence-corrected chi connectivity index (χ3v) is 8.49. The highest BCUT2D eigenvalue weighted by Gasteiger charge is 2.22. The van der Waals surface area contributed by atoms with Crippen molar-refractivity contribution in [2.75, 3.05) is 0 Å². The summed E-state index contributed by atoms with van der Waals surface area (Å²) in [5.41, 5.74) is 2.09. The standard InChI is InChI=1S/C31H45N3O5S/c1-2-3-4-5-6-7-8-9-10-11-12-13-14-15-16-17-24-33-30-23-22-28(40(37,38)39)25-29(30)32-31(33)26-18-20-27(21-19-26)34(35)36/h18-23,25H,2-17,24H2,1H3,(H,37,38,39). The number of non-ortho nitro benzene ring substituents is 1. The molecule has 0 radical (unpaired) electrons. The maximum absolute atomic E-state index is 11.5. The predicted molar refractivity (Wildman–Crippen MR) is 158 cm³/mol. The lowest BCUT2D eigenvalue weighted by Crippen LogP contribution is -2.35. The van der Waals surface area contributed by atoms with E-state index in [-0.39, 0.29) is 10.6 Å². The minimum Gasteiger partial charge on any atom is -0.744 e. The quantitative estimate of drug-likeness (QED) is 0.0482. The van der Waals surface area contributed by atoms with Crippen LogP contribution in [0.1, 0.15) is 110 Å². The van der Waals surface area contributed by atoms with Gasteiger partial charge in [-0.1, -0.05) is 96.8 Å². The number of nitro benzene ring substituents is 1. The molecule has 0 saturated carbocycles. The third-order valence-electron chi connectivity index (χ3n) is 7.66. The Labute approximate surface area is 239 Å². The Morgan fingerprint density at radius 2 is 1.25 bits per heavy atom. The van der Waals surface area contributed by atoms with Crippen LogP contribution in [0.5, 0.6) is 0 Å². The van der Waals surface area contributed by atoms with Gasteiger partial charge < -0.3 is 4.55 Å². The van der Waals surface area contributed by atoms with Crippen LogP contribution in [0, 0.1) is 10.1 Å². The van der Waals surface area contributed by atoms with Gasteiger partial charge in [0.1, 0.15) is 10.1 Å². The monoisotopic (exact) mass is 571 g/mol. The van der Waals surface area contributed by atoms with Gasteiger partial charge in [-0.25, -0.2) is 18.0 Å². The summed E-state index contributed by atoms with van der Waals surface area (Å²) in [5, 5.41) is 11.1. The molecule has 0 aliphatic carbocycles. The smallest absolute Gasteiger partial charge is 0.287 e. The number of aromatic nitrogens is 2. The molecule has 0 amide bonds. The summed E-state index contributed by atoms with van der Waals surface area (Å²) >= 11 is 0. The molecule has 0 bridgehead atoms. The number of hydrogen-bond acceptors (Lipinski definition) is 5. The molecule has 0 fully saturated rings. The van der Waals surface area contributed by atoms with Crippen LogP contribution in [0.3, 0.4) is 0 Å². The lowest BCUT2D eigenvalue weighted by atomic mass is 10.0. The molecule has 1 heterocycles. The van der Waals surface area contributed by atoms with Crippen LogP contribution >= 0.6 is 0 Å². The summed E-state index contributed by atoms with van der Waals surface area (Å²) in [4.78, 5) is 13.6. The van der Waals surface area contributed by atoms with Gasteiger partial charge >= 0.3 is 0 Å². The van der Waals surface area contributed by atoms with Crippen molar-refractivity contribution < 1.29 is 22.5 Å². The van der Waals surface area contributed by atoms with Gasteiger partial charge in [0.25, 0.3) is 11.5 Å². The first-order valence-corrected chi connectivity index (χ1v) is 16.5. The Bertz CT molecular complexity index is 1300. The number of unbranched alkanes of at least 4 members (excludes halogenated alkanes) is 15. The van der Waals surface area contributed by atoms with Crippen LogP contribution in [-0.2, 0) is 16.7 Å². The van der Waals surface area contributed by atoms with E-state index in [0.717, 1.165) is 29.7 Å². The van der Waals surface area contributed by atoms with E-state index in [9.17, 15) is 23.1 Å². The molecule has 0 aliphatic rings. The Hall–Kier alpha value is -2.78. The number of hydrogen-bond donors (Lipinski definition) is 1. The number of H-pyrrole nitrogens is 1. The minimum absolute atomic E-state index is 0.00366. The fourth-order valence-electron chi connectivity index (χ4n) is 5.34. The van der Waals surface area contributed by atoms with E-state index in [2.05, 4.69) is 16.5 Å². The summed E-state index contributed by atoms with van der Waals surface area (Å²) in [6, 6.07) is 10.6. The van der Waals surface area contributed by atoms with Gasteiger partial charge in [0.05, 0.1) is 21.9 Å². The summed E-state index contributed by atoms with van der Waals surface area (Å²) in [6.07, 6.45) is 20.8. The van der Waals surface area contributed by atoms with Gasteiger partial charge in [-0.2, -0.15) is 0 Å². The fourth-order valence-corrected chi connectivity index (χ4v) is 5.84. The maximum atomic E-state index is 11.5. The second kappa shape index (κ2) is 16.5. The van der Waals surface area contributed by atoms with Crippen LogP contribution in [0.4, 0.5) is 5.69 Å². The van der Waals surface area contributed by atoms with Gasteiger partial charge in [0.2, 0.25) is 0 Å². The molecule has 0 aliphatic heterocycles. The fraction of sp³-hybridized carbons (Fsp3) is 0.581. The molecule has 9 heteroatoms. The van der Waals surface area contributed by atoms with Crippen molar-refractivity contribution in [3.05, 3.63) is 52.6 Å². The molecule has 0 saturated heterocycles. The van der Waals surface area contributed by atoms with E-state index < -0.39 is 15.0 Å². The van der Waals surface area contributed by atoms with E-state index in [1.807, 2.05) is 0 Å². The van der Waals surface area contributed by atoms with Crippen molar-refractivity contribution in [3.8, 4) is 11.4 Å². The Morgan fingerprint density at radius 1 is 0.750 bits per heavy atom. The summed E-state index contributed by atoms with van der Waals surface area (Å²) in [7, 11) is -4.58. The van der Waals surface area contributed by atoms with Gasteiger partial charge in [0, 0.05) is 18.2 Å². The van der Waals surface area contributed by atoms with Crippen LogP contribution in [0.2, 0.25) is 0 Å². The van der Waals surface area contributed by atoms with Gasteiger partial charge in [0.15, 0.2) is 11.0 Å². The highest BCUT2D eigenvalue weighted by atomic mass is 32.2. The first-order chi connectivity index (χ1) is 19.3. The highest BCUT2D eigenvalue weighted by molar-refractivity contribution is 7.85. The van der Waals surface area contributed by atoms with Crippen LogP contribution < -0.4 is 4.57 Å². The first-order valence-electron chi connectivity index (χ1n) is 15.1. The average molecular weight is 572 g/mol. The van der Waals surface area contributed by atoms with Crippen molar-refractivity contribution >= 4 is 26.8 Å².